The quantitative estimate of drug-likeness (QED) is 0.0450. The monoisotopic (exact) mass is 707 g/mol. The second-order valence-corrected chi connectivity index (χ2v) is 13.1. The lowest BCUT2D eigenvalue weighted by Crippen LogP contribution is -2.46. The Balaban J connectivity index is 1.14. The standard InChI is InChI=1S/C39H41N5O8/c1-5-43(28-18-14-26(15-19-28)41-42-27-16-20-29(21-17-27)44(48)49)22-23-50-36(45)24-35(37(46)52-39(2,3)4)40-38(47)51-25-34-32-12-8-6-10-30(32)31-11-7-9-13-33(31)34/h6-21,34-35H,5,22-25H2,1-4H3,(H,40,47)/t35-/m0/s1. The second-order valence-electron chi connectivity index (χ2n) is 13.1. The van der Waals surface area contributed by atoms with Crippen molar-refractivity contribution in [2.75, 3.05) is 31.2 Å². The maximum Gasteiger partial charge on any atom is 0.407 e. The molecule has 0 spiro atoms. The Morgan fingerprint density at radius 2 is 1.40 bits per heavy atom. The molecule has 13 heteroatoms. The number of nitrogens with zero attached hydrogens (tertiary/aromatic N) is 4. The number of rotatable bonds is 14. The fourth-order valence-electron chi connectivity index (χ4n) is 5.80. The summed E-state index contributed by atoms with van der Waals surface area (Å²) in [5.74, 6) is -1.64. The van der Waals surface area contributed by atoms with Gasteiger partial charge in [-0.2, -0.15) is 10.2 Å². The summed E-state index contributed by atoms with van der Waals surface area (Å²) >= 11 is 0. The molecule has 0 radical (unpaired) electrons. The van der Waals surface area contributed by atoms with Crippen LogP contribution in [0.2, 0.25) is 0 Å². The Labute approximate surface area is 301 Å². The van der Waals surface area contributed by atoms with Gasteiger partial charge in [-0.15, -0.1) is 0 Å². The number of amides is 1. The van der Waals surface area contributed by atoms with E-state index < -0.39 is 41.0 Å². The van der Waals surface area contributed by atoms with E-state index in [0.717, 1.165) is 27.9 Å². The highest BCUT2D eigenvalue weighted by Gasteiger charge is 2.32. The van der Waals surface area contributed by atoms with E-state index in [9.17, 15) is 24.5 Å². The number of nitrogens with one attached hydrogen (secondary N) is 1. The molecule has 52 heavy (non-hydrogen) atoms. The number of esters is 2. The van der Waals surface area contributed by atoms with Crippen LogP contribution in [0.3, 0.4) is 0 Å². The van der Waals surface area contributed by atoms with E-state index in [1.165, 1.54) is 24.3 Å². The first-order valence-corrected chi connectivity index (χ1v) is 16.9. The van der Waals surface area contributed by atoms with Gasteiger partial charge in [0.2, 0.25) is 0 Å². The molecule has 0 unspecified atom stereocenters. The van der Waals surface area contributed by atoms with Gasteiger partial charge in [0.15, 0.2) is 0 Å². The summed E-state index contributed by atoms with van der Waals surface area (Å²) in [5, 5.41) is 21.7. The van der Waals surface area contributed by atoms with E-state index in [4.69, 9.17) is 14.2 Å². The zero-order chi connectivity index (χ0) is 37.3. The van der Waals surface area contributed by atoms with Crippen molar-refractivity contribution in [3.63, 3.8) is 0 Å². The van der Waals surface area contributed by atoms with Gasteiger partial charge in [-0.25, -0.2) is 9.59 Å². The maximum atomic E-state index is 13.1. The van der Waals surface area contributed by atoms with Crippen molar-refractivity contribution in [1.29, 1.82) is 0 Å². The zero-order valence-electron chi connectivity index (χ0n) is 29.5. The minimum absolute atomic E-state index is 0.0262. The first kappa shape index (κ1) is 37.2. The fourth-order valence-corrected chi connectivity index (χ4v) is 5.80. The number of hydrogen-bond acceptors (Lipinski definition) is 11. The summed E-state index contributed by atoms with van der Waals surface area (Å²) in [6.45, 7) is 8.10. The third-order valence-corrected chi connectivity index (χ3v) is 8.26. The molecule has 1 aliphatic rings. The summed E-state index contributed by atoms with van der Waals surface area (Å²) in [6.07, 6.45) is -1.29. The predicted octanol–water partition coefficient (Wildman–Crippen LogP) is 8.02. The lowest BCUT2D eigenvalue weighted by molar-refractivity contribution is -0.384. The summed E-state index contributed by atoms with van der Waals surface area (Å²) in [5.41, 5.74) is 5.31. The molecular formula is C39H41N5O8. The molecule has 1 aliphatic carbocycles. The average Bonchev–Trinajstić information content (AvgIpc) is 3.44. The van der Waals surface area contributed by atoms with Crippen LogP contribution in [-0.2, 0) is 23.8 Å². The fraction of sp³-hybridized carbons (Fsp3) is 0.308. The number of azo groups is 1. The first-order chi connectivity index (χ1) is 24.9. The van der Waals surface area contributed by atoms with Gasteiger partial charge < -0.3 is 24.4 Å². The third kappa shape index (κ3) is 9.77. The van der Waals surface area contributed by atoms with Crippen molar-refractivity contribution in [1.82, 2.24) is 5.32 Å². The van der Waals surface area contributed by atoms with Crippen LogP contribution >= 0.6 is 0 Å². The van der Waals surface area contributed by atoms with Crippen molar-refractivity contribution >= 4 is 40.8 Å². The maximum absolute atomic E-state index is 13.1. The predicted molar refractivity (Wildman–Crippen MR) is 195 cm³/mol. The molecule has 4 aromatic rings. The van der Waals surface area contributed by atoms with E-state index in [-0.39, 0.29) is 24.8 Å². The molecule has 270 valence electrons. The van der Waals surface area contributed by atoms with Crippen LogP contribution in [0.25, 0.3) is 11.1 Å². The van der Waals surface area contributed by atoms with E-state index in [2.05, 4.69) is 15.5 Å². The average molecular weight is 708 g/mol. The molecule has 5 rings (SSSR count). The van der Waals surface area contributed by atoms with Crippen LogP contribution in [0.5, 0.6) is 0 Å². The number of likely N-dealkylation sites (N-methyl/N-ethyl adjacent to an activating group) is 1. The van der Waals surface area contributed by atoms with Gasteiger partial charge >= 0.3 is 18.0 Å². The molecular weight excluding hydrogens is 666 g/mol. The van der Waals surface area contributed by atoms with Gasteiger partial charge in [-0.3, -0.25) is 14.9 Å². The number of ether oxygens (including phenoxy) is 3. The van der Waals surface area contributed by atoms with Crippen LogP contribution in [-0.4, -0.2) is 60.9 Å². The molecule has 1 N–H and O–H groups in total. The van der Waals surface area contributed by atoms with E-state index in [1.54, 1.807) is 32.9 Å². The number of nitro groups is 1. The lowest BCUT2D eigenvalue weighted by atomic mass is 9.98. The van der Waals surface area contributed by atoms with Gasteiger partial charge in [0.05, 0.1) is 29.3 Å². The number of non-ortho nitro benzene ring substituents is 1. The highest BCUT2D eigenvalue weighted by molar-refractivity contribution is 5.86. The molecule has 0 fully saturated rings. The van der Waals surface area contributed by atoms with Crippen molar-refractivity contribution in [2.45, 2.75) is 51.7 Å². The Hall–Kier alpha value is -6.11. The Kier molecular flexibility index (Phi) is 12.0. The number of carbonyl (C=O) groups is 3. The first-order valence-electron chi connectivity index (χ1n) is 16.9. The minimum atomic E-state index is -1.32. The molecule has 0 saturated carbocycles. The van der Waals surface area contributed by atoms with E-state index in [1.807, 2.05) is 72.5 Å². The Morgan fingerprint density at radius 3 is 1.94 bits per heavy atom. The van der Waals surface area contributed by atoms with Crippen LogP contribution in [0.1, 0.15) is 51.2 Å². The lowest BCUT2D eigenvalue weighted by Gasteiger charge is -2.25. The highest BCUT2D eigenvalue weighted by Crippen LogP contribution is 2.44. The molecule has 4 aromatic carbocycles. The van der Waals surface area contributed by atoms with Gasteiger partial charge in [-0.1, -0.05) is 48.5 Å². The number of hydrogen-bond donors (Lipinski definition) is 1. The van der Waals surface area contributed by atoms with Crippen LogP contribution in [0.15, 0.2) is 107 Å². The van der Waals surface area contributed by atoms with Crippen molar-refractivity contribution in [2.24, 2.45) is 10.2 Å². The van der Waals surface area contributed by atoms with Crippen molar-refractivity contribution in [3.05, 3.63) is 118 Å². The number of nitro benzene ring substituents is 1. The number of anilines is 1. The number of fused-ring (bicyclic) bond motifs is 3. The van der Waals surface area contributed by atoms with Crippen LogP contribution in [0, 0.1) is 10.1 Å². The molecule has 0 aromatic heterocycles. The normalized spacial score (nSPS) is 12.8. The number of alkyl carbamates (subject to hydrolysis) is 1. The van der Waals surface area contributed by atoms with Gasteiger partial charge in [0, 0.05) is 30.3 Å². The Bertz CT molecular complexity index is 1880. The van der Waals surface area contributed by atoms with Gasteiger partial charge in [0.25, 0.3) is 5.69 Å². The number of carbonyl (C=O) groups excluding carboxylic acids is 3. The molecule has 0 bridgehead atoms. The Morgan fingerprint density at radius 1 is 0.846 bits per heavy atom. The summed E-state index contributed by atoms with van der Waals surface area (Å²) in [7, 11) is 0. The SMILES string of the molecule is CCN(CCOC(=O)C[C@H](NC(=O)OCC1c2ccccc2-c2ccccc21)C(=O)OC(C)(C)C)c1ccc(N=Nc2ccc([N+](=O)[O-])cc2)cc1. The third-order valence-electron chi connectivity index (χ3n) is 8.26. The summed E-state index contributed by atoms with van der Waals surface area (Å²) in [6, 6.07) is 27.6. The summed E-state index contributed by atoms with van der Waals surface area (Å²) in [4.78, 5) is 51.4. The summed E-state index contributed by atoms with van der Waals surface area (Å²) < 4.78 is 16.6. The molecule has 1 amide bonds. The van der Waals surface area contributed by atoms with Crippen molar-refractivity contribution < 1.29 is 33.5 Å². The topological polar surface area (TPSA) is 162 Å². The largest absolute Gasteiger partial charge is 0.464 e. The molecule has 0 aliphatic heterocycles. The number of benzene rings is 4. The minimum Gasteiger partial charge on any atom is -0.464 e. The molecule has 13 nitrogen and oxygen atoms in total. The molecule has 1 atom stereocenters. The molecule has 0 saturated heterocycles. The van der Waals surface area contributed by atoms with Crippen LogP contribution < -0.4 is 10.2 Å². The highest BCUT2D eigenvalue weighted by atomic mass is 16.6. The van der Waals surface area contributed by atoms with Gasteiger partial charge in [-0.05, 0) is 86.3 Å². The van der Waals surface area contributed by atoms with Crippen LogP contribution in [0.4, 0.5) is 27.5 Å². The second kappa shape index (κ2) is 16.7. The van der Waals surface area contributed by atoms with E-state index >= 15 is 0 Å². The smallest absolute Gasteiger partial charge is 0.407 e. The van der Waals surface area contributed by atoms with Gasteiger partial charge in [0.1, 0.15) is 24.9 Å². The van der Waals surface area contributed by atoms with E-state index in [0.29, 0.717) is 24.5 Å². The molecule has 0 heterocycles. The zero-order valence-corrected chi connectivity index (χ0v) is 29.5. The van der Waals surface area contributed by atoms with Crippen molar-refractivity contribution in [3.8, 4) is 11.1 Å².